The molecule has 0 aromatic rings. The second kappa shape index (κ2) is 6.46. The molecule has 0 radical (unpaired) electrons. The summed E-state index contributed by atoms with van der Waals surface area (Å²) in [5.41, 5.74) is 5.49. The van der Waals surface area contributed by atoms with Gasteiger partial charge in [0.1, 0.15) is 6.10 Å². The smallest absolute Gasteiger partial charge is 0.251 e. The summed E-state index contributed by atoms with van der Waals surface area (Å²) in [6.07, 6.45) is 1.62. The minimum atomic E-state index is -0.354. The zero-order valence-corrected chi connectivity index (χ0v) is 9.69. The normalized spacial score (nSPS) is 24.1. The summed E-state index contributed by atoms with van der Waals surface area (Å²) >= 11 is 0. The highest BCUT2D eigenvalue weighted by atomic mass is 16.5. The van der Waals surface area contributed by atoms with Gasteiger partial charge in [0.15, 0.2) is 0 Å². The number of amides is 1. The molecular formula is C11H19N3O2. The topological polar surface area (TPSA) is 79.4 Å². The Morgan fingerprint density at radius 3 is 2.88 bits per heavy atom. The molecule has 0 saturated carbocycles. The van der Waals surface area contributed by atoms with Gasteiger partial charge in [0.05, 0.1) is 18.6 Å². The van der Waals surface area contributed by atoms with Gasteiger partial charge in [0, 0.05) is 19.6 Å². The molecule has 5 nitrogen and oxygen atoms in total. The van der Waals surface area contributed by atoms with Crippen LogP contribution in [0.25, 0.3) is 0 Å². The quantitative estimate of drug-likeness (QED) is 0.727. The van der Waals surface area contributed by atoms with Crippen molar-refractivity contribution in [3.8, 4) is 6.07 Å². The van der Waals surface area contributed by atoms with E-state index >= 15 is 0 Å². The highest BCUT2D eigenvalue weighted by molar-refractivity contribution is 5.81. The van der Waals surface area contributed by atoms with Gasteiger partial charge in [0.25, 0.3) is 5.91 Å². The fourth-order valence-corrected chi connectivity index (χ4v) is 1.87. The maximum Gasteiger partial charge on any atom is 0.251 e. The number of ether oxygens (including phenoxy) is 1. The molecule has 1 aliphatic heterocycles. The fourth-order valence-electron chi connectivity index (χ4n) is 1.87. The zero-order chi connectivity index (χ0) is 12.0. The molecule has 5 heteroatoms. The van der Waals surface area contributed by atoms with E-state index in [2.05, 4.69) is 0 Å². The molecule has 0 aliphatic carbocycles. The molecule has 2 unspecified atom stereocenters. The first-order valence-electron chi connectivity index (χ1n) is 5.74. The number of rotatable bonds is 5. The first-order chi connectivity index (χ1) is 7.72. The Labute approximate surface area is 96.2 Å². The van der Waals surface area contributed by atoms with E-state index in [9.17, 15) is 4.79 Å². The van der Waals surface area contributed by atoms with E-state index in [0.717, 1.165) is 12.8 Å². The first-order valence-corrected chi connectivity index (χ1v) is 5.74. The van der Waals surface area contributed by atoms with Gasteiger partial charge in [-0.05, 0) is 19.8 Å². The van der Waals surface area contributed by atoms with E-state index in [-0.39, 0.29) is 18.1 Å². The fraction of sp³-hybridized carbons (Fsp3) is 0.818. The van der Waals surface area contributed by atoms with Crippen molar-refractivity contribution >= 4 is 5.91 Å². The summed E-state index contributed by atoms with van der Waals surface area (Å²) in [6, 6.07) is 2.04. The monoisotopic (exact) mass is 225 g/mol. The van der Waals surface area contributed by atoms with Gasteiger partial charge < -0.3 is 15.4 Å². The minimum absolute atomic E-state index is 0.00583. The number of hydrogen-bond donors (Lipinski definition) is 1. The summed E-state index contributed by atoms with van der Waals surface area (Å²) in [7, 11) is 0. The summed E-state index contributed by atoms with van der Waals surface area (Å²) in [4.78, 5) is 13.7. The van der Waals surface area contributed by atoms with Crippen molar-refractivity contribution in [1.82, 2.24) is 4.90 Å². The van der Waals surface area contributed by atoms with Crippen molar-refractivity contribution in [3.05, 3.63) is 0 Å². The van der Waals surface area contributed by atoms with E-state index in [4.69, 9.17) is 15.7 Å². The van der Waals surface area contributed by atoms with Crippen LogP contribution >= 0.6 is 0 Å². The molecule has 1 rings (SSSR count). The Kier molecular flexibility index (Phi) is 5.23. The number of nitrogens with two attached hydrogens (primary N) is 1. The Morgan fingerprint density at radius 1 is 1.62 bits per heavy atom. The van der Waals surface area contributed by atoms with Crippen molar-refractivity contribution in [2.75, 3.05) is 19.6 Å². The molecule has 90 valence electrons. The Hall–Kier alpha value is -1.12. The average Bonchev–Trinajstić information content (AvgIpc) is 2.78. The molecular weight excluding hydrogens is 206 g/mol. The molecule has 2 N–H and O–H groups in total. The number of likely N-dealkylation sites (N-methyl/N-ethyl adjacent to an activating group) is 1. The second-order valence-electron chi connectivity index (χ2n) is 3.89. The predicted octanol–water partition coefficient (Wildman–Crippen LogP) is 0.255. The maximum absolute atomic E-state index is 12.0. The number of nitriles is 1. The highest BCUT2D eigenvalue weighted by Crippen LogP contribution is 2.20. The lowest BCUT2D eigenvalue weighted by Crippen LogP contribution is -2.40. The second-order valence-corrected chi connectivity index (χ2v) is 3.89. The third kappa shape index (κ3) is 3.19. The number of carbonyl (C=O) groups is 1. The summed E-state index contributed by atoms with van der Waals surface area (Å²) < 4.78 is 5.54. The average molecular weight is 225 g/mol. The van der Waals surface area contributed by atoms with Crippen molar-refractivity contribution in [2.24, 2.45) is 5.73 Å². The van der Waals surface area contributed by atoms with Gasteiger partial charge in [0.2, 0.25) is 0 Å². The van der Waals surface area contributed by atoms with Crippen LogP contribution in [0.3, 0.4) is 0 Å². The lowest BCUT2D eigenvalue weighted by atomic mass is 10.2. The van der Waals surface area contributed by atoms with Gasteiger partial charge in [-0.15, -0.1) is 0 Å². The molecule has 0 spiro atoms. The molecule has 2 atom stereocenters. The van der Waals surface area contributed by atoms with Gasteiger partial charge in [-0.1, -0.05) is 0 Å². The number of carbonyl (C=O) groups excluding carboxylic acids is 1. The van der Waals surface area contributed by atoms with E-state index in [0.29, 0.717) is 26.1 Å². The minimum Gasteiger partial charge on any atom is -0.364 e. The Balaban J connectivity index is 2.46. The van der Waals surface area contributed by atoms with Crippen LogP contribution in [0.4, 0.5) is 0 Å². The maximum atomic E-state index is 12.0. The summed E-state index contributed by atoms with van der Waals surface area (Å²) in [5, 5.41) is 8.50. The van der Waals surface area contributed by atoms with Crippen molar-refractivity contribution in [3.63, 3.8) is 0 Å². The van der Waals surface area contributed by atoms with Gasteiger partial charge in [-0.25, -0.2) is 0 Å². The van der Waals surface area contributed by atoms with Crippen molar-refractivity contribution < 1.29 is 9.53 Å². The van der Waals surface area contributed by atoms with Crippen LogP contribution in [0.1, 0.15) is 26.2 Å². The van der Waals surface area contributed by atoms with Crippen molar-refractivity contribution in [2.45, 2.75) is 38.4 Å². The standard InChI is InChI=1S/C11H19N3O2/c1-2-14(7-3-6-12)11(15)10-5-4-9(8-13)16-10/h9-10H,2-5,7-8,13H2,1H3. The van der Waals surface area contributed by atoms with Crippen LogP contribution in [0.5, 0.6) is 0 Å². The lowest BCUT2D eigenvalue weighted by Gasteiger charge is -2.23. The van der Waals surface area contributed by atoms with Gasteiger partial charge in [-0.3, -0.25) is 4.79 Å². The van der Waals surface area contributed by atoms with Crippen LogP contribution in [-0.4, -0.2) is 42.6 Å². The molecule has 1 heterocycles. The molecule has 1 saturated heterocycles. The van der Waals surface area contributed by atoms with Crippen LogP contribution < -0.4 is 5.73 Å². The van der Waals surface area contributed by atoms with Crippen molar-refractivity contribution in [1.29, 1.82) is 5.26 Å². The lowest BCUT2D eigenvalue weighted by molar-refractivity contribution is -0.142. The number of hydrogen-bond acceptors (Lipinski definition) is 4. The zero-order valence-electron chi connectivity index (χ0n) is 9.69. The third-order valence-electron chi connectivity index (χ3n) is 2.83. The molecule has 0 aromatic heterocycles. The SMILES string of the molecule is CCN(CCC#N)C(=O)C1CCC(CN)O1. The molecule has 1 fully saturated rings. The Morgan fingerprint density at radius 2 is 2.38 bits per heavy atom. The largest absolute Gasteiger partial charge is 0.364 e. The molecule has 0 bridgehead atoms. The summed E-state index contributed by atoms with van der Waals surface area (Å²) in [6.45, 7) is 3.48. The van der Waals surface area contributed by atoms with E-state index in [1.54, 1.807) is 4.90 Å². The molecule has 1 aliphatic rings. The first kappa shape index (κ1) is 12.9. The molecule has 1 amide bonds. The number of nitrogens with zero attached hydrogens (tertiary/aromatic N) is 2. The van der Waals surface area contributed by atoms with Crippen LogP contribution in [0.2, 0.25) is 0 Å². The summed E-state index contributed by atoms with van der Waals surface area (Å²) in [5.74, 6) is -0.00583. The third-order valence-corrected chi connectivity index (χ3v) is 2.83. The molecule has 0 aromatic carbocycles. The van der Waals surface area contributed by atoms with E-state index in [1.165, 1.54) is 0 Å². The van der Waals surface area contributed by atoms with Gasteiger partial charge in [-0.2, -0.15) is 5.26 Å². The van der Waals surface area contributed by atoms with Crippen LogP contribution in [0, 0.1) is 11.3 Å². The highest BCUT2D eigenvalue weighted by Gasteiger charge is 2.32. The van der Waals surface area contributed by atoms with E-state index in [1.807, 2.05) is 13.0 Å². The van der Waals surface area contributed by atoms with Crippen LogP contribution in [-0.2, 0) is 9.53 Å². The molecule has 16 heavy (non-hydrogen) atoms. The van der Waals surface area contributed by atoms with Crippen LogP contribution in [0.15, 0.2) is 0 Å². The predicted molar refractivity (Wildman–Crippen MR) is 59.4 cm³/mol. The van der Waals surface area contributed by atoms with Gasteiger partial charge >= 0.3 is 0 Å². The van der Waals surface area contributed by atoms with E-state index < -0.39 is 0 Å². The Bertz CT molecular complexity index is 275.